The minimum absolute atomic E-state index is 0. The Morgan fingerprint density at radius 2 is 2.21 bits per heavy atom. The fourth-order valence-corrected chi connectivity index (χ4v) is 3.34. The molecule has 1 unspecified atom stereocenters. The molecule has 1 aliphatic rings. The molecule has 5 nitrogen and oxygen atoms in total. The lowest BCUT2D eigenvalue weighted by molar-refractivity contribution is 0.285. The molecule has 0 spiro atoms. The van der Waals surface area contributed by atoms with Gasteiger partial charge in [0.15, 0.2) is 17.5 Å². The number of rotatable bonds is 8. The molecule has 0 bridgehead atoms. The van der Waals surface area contributed by atoms with Crippen LogP contribution in [0, 0.1) is 18.7 Å². The number of ether oxygens (including phenoxy) is 1. The van der Waals surface area contributed by atoms with Gasteiger partial charge in [0.25, 0.3) is 0 Å². The lowest BCUT2D eigenvalue weighted by atomic mass is 10.1. The maximum absolute atomic E-state index is 14.3. The number of thiazole rings is 1. The van der Waals surface area contributed by atoms with Crippen molar-refractivity contribution in [2.75, 3.05) is 13.2 Å². The Labute approximate surface area is 187 Å². The summed E-state index contributed by atoms with van der Waals surface area (Å²) in [7, 11) is 0. The fraction of sp³-hybridized carbons (Fsp3) is 0.500. The van der Waals surface area contributed by atoms with E-state index in [-0.39, 0.29) is 35.8 Å². The van der Waals surface area contributed by atoms with Crippen molar-refractivity contribution in [2.24, 2.45) is 10.9 Å². The zero-order valence-electron chi connectivity index (χ0n) is 16.5. The second-order valence-corrected chi connectivity index (χ2v) is 8.19. The molecule has 2 aromatic rings. The van der Waals surface area contributed by atoms with E-state index in [1.165, 1.54) is 23.8 Å². The van der Waals surface area contributed by atoms with Crippen molar-refractivity contribution in [1.29, 1.82) is 0 Å². The van der Waals surface area contributed by atoms with Crippen molar-refractivity contribution in [3.05, 3.63) is 45.7 Å². The molecule has 1 aromatic heterocycles. The maximum Gasteiger partial charge on any atom is 0.192 e. The summed E-state index contributed by atoms with van der Waals surface area (Å²) >= 11 is 1.64. The smallest absolute Gasteiger partial charge is 0.192 e. The highest BCUT2D eigenvalue weighted by molar-refractivity contribution is 14.0. The van der Waals surface area contributed by atoms with E-state index in [1.54, 1.807) is 17.4 Å². The van der Waals surface area contributed by atoms with Gasteiger partial charge in [0.2, 0.25) is 0 Å². The minimum Gasteiger partial charge on any atom is -0.490 e. The zero-order chi connectivity index (χ0) is 19.2. The topological polar surface area (TPSA) is 58.5 Å². The lowest BCUT2D eigenvalue weighted by Crippen LogP contribution is -2.38. The Kier molecular flexibility index (Phi) is 8.94. The van der Waals surface area contributed by atoms with Crippen molar-refractivity contribution >= 4 is 41.3 Å². The van der Waals surface area contributed by atoms with Crippen molar-refractivity contribution in [3.63, 3.8) is 0 Å². The number of benzene rings is 1. The van der Waals surface area contributed by atoms with Gasteiger partial charge in [-0.3, -0.25) is 0 Å². The summed E-state index contributed by atoms with van der Waals surface area (Å²) in [5.41, 5.74) is 0.849. The Balaban J connectivity index is 0.00000280. The van der Waals surface area contributed by atoms with E-state index in [0.29, 0.717) is 30.8 Å². The van der Waals surface area contributed by atoms with Crippen LogP contribution in [0.1, 0.15) is 48.2 Å². The number of aromatic nitrogens is 1. The van der Waals surface area contributed by atoms with Crippen LogP contribution in [0.3, 0.4) is 0 Å². The number of nitrogens with one attached hydrogen (secondary N) is 2. The molecule has 1 atom stereocenters. The van der Waals surface area contributed by atoms with E-state index in [0.717, 1.165) is 17.1 Å². The minimum atomic E-state index is -0.318. The summed E-state index contributed by atoms with van der Waals surface area (Å²) in [6.45, 7) is 7.90. The van der Waals surface area contributed by atoms with Crippen molar-refractivity contribution in [3.8, 4) is 5.75 Å². The molecule has 3 rings (SSSR count). The number of nitrogens with zero attached hydrogens (tertiary/aromatic N) is 2. The molecular formula is C20H28FIN4OS. The number of guanidine groups is 1. The number of aliphatic imine (C=N–C) groups is 1. The molecule has 1 saturated carbocycles. The van der Waals surface area contributed by atoms with Crippen LogP contribution in [-0.2, 0) is 6.54 Å². The van der Waals surface area contributed by atoms with Gasteiger partial charge in [-0.25, -0.2) is 14.4 Å². The van der Waals surface area contributed by atoms with Gasteiger partial charge >= 0.3 is 0 Å². The normalized spacial score (nSPS) is 14.9. The van der Waals surface area contributed by atoms with Gasteiger partial charge in [0.05, 0.1) is 19.2 Å². The van der Waals surface area contributed by atoms with E-state index in [2.05, 4.69) is 20.6 Å². The summed E-state index contributed by atoms with van der Waals surface area (Å²) < 4.78 is 19.9. The molecule has 1 aliphatic carbocycles. The summed E-state index contributed by atoms with van der Waals surface area (Å²) in [6.07, 6.45) is 4.23. The van der Waals surface area contributed by atoms with Gasteiger partial charge in [-0.1, -0.05) is 6.07 Å². The molecule has 1 heterocycles. The van der Waals surface area contributed by atoms with Crippen molar-refractivity contribution in [1.82, 2.24) is 15.6 Å². The Hall–Kier alpha value is -1.42. The fourth-order valence-electron chi connectivity index (χ4n) is 2.63. The van der Waals surface area contributed by atoms with Crippen LogP contribution in [0.15, 0.2) is 29.4 Å². The van der Waals surface area contributed by atoms with Crippen LogP contribution in [0.5, 0.6) is 5.75 Å². The molecule has 28 heavy (non-hydrogen) atoms. The average molecular weight is 518 g/mol. The average Bonchev–Trinajstić information content (AvgIpc) is 3.38. The number of halogens is 2. The zero-order valence-corrected chi connectivity index (χ0v) is 19.6. The van der Waals surface area contributed by atoms with Crippen LogP contribution in [-0.4, -0.2) is 24.1 Å². The first-order valence-electron chi connectivity index (χ1n) is 9.43. The van der Waals surface area contributed by atoms with Crippen LogP contribution in [0.4, 0.5) is 4.39 Å². The van der Waals surface area contributed by atoms with E-state index < -0.39 is 0 Å². The van der Waals surface area contributed by atoms with Crippen LogP contribution in [0.25, 0.3) is 0 Å². The maximum atomic E-state index is 14.3. The molecular weight excluding hydrogens is 490 g/mol. The largest absolute Gasteiger partial charge is 0.490 e. The highest BCUT2D eigenvalue weighted by atomic mass is 127. The first kappa shape index (κ1) is 22.9. The molecule has 2 N–H and O–H groups in total. The van der Waals surface area contributed by atoms with E-state index in [1.807, 2.05) is 33.0 Å². The second-order valence-electron chi connectivity index (χ2n) is 6.87. The highest BCUT2D eigenvalue weighted by Crippen LogP contribution is 2.30. The summed E-state index contributed by atoms with van der Waals surface area (Å²) in [5, 5.41) is 7.52. The second kappa shape index (κ2) is 10.9. The first-order chi connectivity index (χ1) is 13.0. The SMILES string of the molecule is CCNC(=NCc1ncc(C)s1)NC(C)c1ccc(OCC2CC2)c(F)c1.I. The van der Waals surface area contributed by atoms with Crippen LogP contribution >= 0.6 is 35.3 Å². The molecule has 1 aromatic carbocycles. The predicted molar refractivity (Wildman–Crippen MR) is 123 cm³/mol. The Morgan fingerprint density at radius 1 is 1.43 bits per heavy atom. The molecule has 1 fully saturated rings. The van der Waals surface area contributed by atoms with Crippen LogP contribution < -0.4 is 15.4 Å². The van der Waals surface area contributed by atoms with Crippen molar-refractivity contribution in [2.45, 2.75) is 46.2 Å². The number of aryl methyl sites for hydroxylation is 1. The van der Waals surface area contributed by atoms with Crippen LogP contribution in [0.2, 0.25) is 0 Å². The van der Waals surface area contributed by atoms with Gasteiger partial charge in [0.1, 0.15) is 5.01 Å². The predicted octanol–water partition coefficient (Wildman–Crippen LogP) is 4.81. The summed E-state index contributed by atoms with van der Waals surface area (Å²) in [4.78, 5) is 10.1. The molecule has 0 saturated heterocycles. The standard InChI is InChI=1S/C20H27FN4OS.HI/c1-4-22-20(24-11-19-23-10-13(2)27-19)25-14(3)16-7-8-18(17(21)9-16)26-12-15-5-6-15;/h7-10,14-15H,4-6,11-12H2,1-3H3,(H2,22,24,25);1H. The lowest BCUT2D eigenvalue weighted by Gasteiger charge is -2.19. The van der Waals surface area contributed by atoms with E-state index in [4.69, 9.17) is 4.74 Å². The Bertz CT molecular complexity index is 794. The molecule has 8 heteroatoms. The third-order valence-electron chi connectivity index (χ3n) is 4.37. The third-order valence-corrected chi connectivity index (χ3v) is 5.26. The molecule has 0 radical (unpaired) electrons. The third kappa shape index (κ3) is 6.88. The summed E-state index contributed by atoms with van der Waals surface area (Å²) in [5.74, 6) is 1.30. The summed E-state index contributed by atoms with van der Waals surface area (Å²) in [6, 6.07) is 5.06. The number of hydrogen-bond acceptors (Lipinski definition) is 4. The van der Waals surface area contributed by atoms with E-state index in [9.17, 15) is 4.39 Å². The van der Waals surface area contributed by atoms with E-state index >= 15 is 0 Å². The molecule has 0 aliphatic heterocycles. The van der Waals surface area contributed by atoms with Gasteiger partial charge in [-0.2, -0.15) is 0 Å². The van der Waals surface area contributed by atoms with Gasteiger partial charge in [-0.15, -0.1) is 35.3 Å². The first-order valence-corrected chi connectivity index (χ1v) is 10.2. The highest BCUT2D eigenvalue weighted by Gasteiger charge is 2.22. The molecule has 154 valence electrons. The number of hydrogen-bond donors (Lipinski definition) is 2. The van der Waals surface area contributed by atoms with Crippen molar-refractivity contribution < 1.29 is 9.13 Å². The Morgan fingerprint density at radius 3 is 2.82 bits per heavy atom. The van der Waals surface area contributed by atoms with Gasteiger partial charge in [0, 0.05) is 17.6 Å². The van der Waals surface area contributed by atoms with Gasteiger partial charge in [-0.05, 0) is 57.2 Å². The monoisotopic (exact) mass is 518 g/mol. The quantitative estimate of drug-likeness (QED) is 0.299. The van der Waals surface area contributed by atoms with Gasteiger partial charge < -0.3 is 15.4 Å². The molecule has 0 amide bonds.